The van der Waals surface area contributed by atoms with Crippen LogP contribution >= 0.6 is 0 Å². The Bertz CT molecular complexity index is 520. The summed E-state index contributed by atoms with van der Waals surface area (Å²) in [4.78, 5) is 0.760. The van der Waals surface area contributed by atoms with Crippen LogP contribution < -0.4 is 0 Å². The number of aliphatic hydroxyl groups excluding tert-OH is 1. The molecule has 0 radical (unpaired) electrons. The molecule has 94 valence electrons. The van der Waals surface area contributed by atoms with Gasteiger partial charge >= 0.3 is 0 Å². The molecule has 0 spiro atoms. The minimum atomic E-state index is -1.17. The van der Waals surface area contributed by atoms with Crippen LogP contribution in [0.15, 0.2) is 59.5 Å². The SMILES string of the molecule is Cc1ccc([S@@](=O)C[C@@H](O)c2ccccc2)cc1. The zero-order valence-electron chi connectivity index (χ0n) is 10.2. The van der Waals surface area contributed by atoms with Crippen LogP contribution in [-0.4, -0.2) is 15.1 Å². The number of benzene rings is 2. The van der Waals surface area contributed by atoms with Crippen LogP contribution in [0.3, 0.4) is 0 Å². The molecular weight excluding hydrogens is 244 g/mol. The van der Waals surface area contributed by atoms with Crippen LogP contribution in [0, 0.1) is 6.92 Å². The van der Waals surface area contributed by atoms with Crippen molar-refractivity contribution in [2.75, 3.05) is 5.75 Å². The molecule has 18 heavy (non-hydrogen) atoms. The van der Waals surface area contributed by atoms with E-state index in [1.807, 2.05) is 61.5 Å². The van der Waals surface area contributed by atoms with Crippen LogP contribution in [0.2, 0.25) is 0 Å². The second kappa shape index (κ2) is 5.94. The minimum absolute atomic E-state index is 0.229. The highest BCUT2D eigenvalue weighted by molar-refractivity contribution is 7.85. The van der Waals surface area contributed by atoms with E-state index >= 15 is 0 Å². The molecule has 3 heteroatoms. The molecule has 0 bridgehead atoms. The molecule has 0 unspecified atom stereocenters. The van der Waals surface area contributed by atoms with E-state index in [0.29, 0.717) is 0 Å². The Morgan fingerprint density at radius 1 is 1.06 bits per heavy atom. The van der Waals surface area contributed by atoms with Gasteiger partial charge in [0.25, 0.3) is 0 Å². The molecule has 0 amide bonds. The largest absolute Gasteiger partial charge is 0.387 e. The fourth-order valence-electron chi connectivity index (χ4n) is 1.70. The van der Waals surface area contributed by atoms with Gasteiger partial charge in [0.1, 0.15) is 0 Å². The lowest BCUT2D eigenvalue weighted by molar-refractivity contribution is 0.203. The summed E-state index contributed by atoms with van der Waals surface area (Å²) in [6, 6.07) is 16.9. The lowest BCUT2D eigenvalue weighted by Crippen LogP contribution is -2.09. The van der Waals surface area contributed by atoms with Crippen molar-refractivity contribution < 1.29 is 9.32 Å². The van der Waals surface area contributed by atoms with Gasteiger partial charge in [0.15, 0.2) is 0 Å². The first kappa shape index (κ1) is 13.0. The third kappa shape index (κ3) is 3.28. The van der Waals surface area contributed by atoms with E-state index in [9.17, 15) is 9.32 Å². The standard InChI is InChI=1S/C15H16O2S/c1-12-7-9-14(10-8-12)18(17)11-15(16)13-5-3-2-4-6-13/h2-10,15-16H,11H2,1H3/t15-,18+/m1/s1. The minimum Gasteiger partial charge on any atom is -0.387 e. The lowest BCUT2D eigenvalue weighted by Gasteiger charge is -2.10. The molecule has 2 aromatic rings. The summed E-state index contributed by atoms with van der Waals surface area (Å²) >= 11 is 0. The fourth-order valence-corrected chi connectivity index (χ4v) is 2.81. The van der Waals surface area contributed by atoms with Crippen molar-refractivity contribution in [1.82, 2.24) is 0 Å². The van der Waals surface area contributed by atoms with Gasteiger partial charge in [-0.25, -0.2) is 0 Å². The monoisotopic (exact) mass is 260 g/mol. The molecular formula is C15H16O2S. The Hall–Kier alpha value is -1.45. The molecule has 0 saturated carbocycles. The zero-order chi connectivity index (χ0) is 13.0. The molecule has 2 nitrogen and oxygen atoms in total. The lowest BCUT2D eigenvalue weighted by atomic mass is 10.1. The van der Waals surface area contributed by atoms with Gasteiger partial charge in [-0.2, -0.15) is 0 Å². The topological polar surface area (TPSA) is 37.3 Å². The Morgan fingerprint density at radius 2 is 1.67 bits per heavy atom. The highest BCUT2D eigenvalue weighted by atomic mass is 32.2. The van der Waals surface area contributed by atoms with E-state index in [2.05, 4.69) is 0 Å². The first-order chi connectivity index (χ1) is 8.66. The molecule has 0 aliphatic rings. The maximum absolute atomic E-state index is 12.1. The van der Waals surface area contributed by atoms with Crippen molar-refractivity contribution >= 4 is 10.8 Å². The second-order valence-electron chi connectivity index (χ2n) is 4.25. The average Bonchev–Trinajstić information content (AvgIpc) is 2.40. The Labute approximate surface area is 110 Å². The summed E-state index contributed by atoms with van der Waals surface area (Å²) in [5, 5.41) is 10.0. The van der Waals surface area contributed by atoms with Gasteiger partial charge in [0.05, 0.1) is 22.7 Å². The van der Waals surface area contributed by atoms with Gasteiger partial charge in [0, 0.05) is 4.90 Å². The van der Waals surface area contributed by atoms with Crippen LogP contribution in [0.4, 0.5) is 0 Å². The third-order valence-corrected chi connectivity index (χ3v) is 4.19. The van der Waals surface area contributed by atoms with E-state index < -0.39 is 16.9 Å². The van der Waals surface area contributed by atoms with Gasteiger partial charge in [-0.1, -0.05) is 48.0 Å². The maximum Gasteiger partial charge on any atom is 0.0908 e. The Morgan fingerprint density at radius 3 is 2.28 bits per heavy atom. The van der Waals surface area contributed by atoms with Gasteiger partial charge in [-0.05, 0) is 24.6 Å². The van der Waals surface area contributed by atoms with Gasteiger partial charge in [0.2, 0.25) is 0 Å². The van der Waals surface area contributed by atoms with Crippen molar-refractivity contribution in [3.63, 3.8) is 0 Å². The highest BCUT2D eigenvalue weighted by Gasteiger charge is 2.12. The first-order valence-corrected chi connectivity index (χ1v) is 7.17. The summed E-state index contributed by atoms with van der Waals surface area (Å²) in [6.07, 6.45) is -0.687. The molecule has 0 saturated heterocycles. The van der Waals surface area contributed by atoms with Crippen molar-refractivity contribution in [3.8, 4) is 0 Å². The Balaban J connectivity index is 2.06. The van der Waals surface area contributed by atoms with Crippen molar-refractivity contribution in [3.05, 3.63) is 65.7 Å². The molecule has 2 rings (SSSR count). The molecule has 0 heterocycles. The van der Waals surface area contributed by atoms with Crippen LogP contribution in [0.25, 0.3) is 0 Å². The average molecular weight is 260 g/mol. The van der Waals surface area contributed by atoms with E-state index in [1.54, 1.807) is 0 Å². The summed E-state index contributed by atoms with van der Waals surface area (Å²) in [6.45, 7) is 1.99. The summed E-state index contributed by atoms with van der Waals surface area (Å²) < 4.78 is 12.1. The van der Waals surface area contributed by atoms with Gasteiger partial charge < -0.3 is 5.11 Å². The van der Waals surface area contributed by atoms with E-state index in [1.165, 1.54) is 0 Å². The maximum atomic E-state index is 12.1. The molecule has 0 fully saturated rings. The number of aryl methyl sites for hydroxylation is 1. The third-order valence-electron chi connectivity index (χ3n) is 2.78. The fraction of sp³-hybridized carbons (Fsp3) is 0.200. The predicted octanol–water partition coefficient (Wildman–Crippen LogP) is 2.84. The van der Waals surface area contributed by atoms with Crippen LogP contribution in [-0.2, 0) is 10.8 Å². The predicted molar refractivity (Wildman–Crippen MR) is 73.9 cm³/mol. The summed E-state index contributed by atoms with van der Waals surface area (Å²) in [5.74, 6) is 0.229. The molecule has 0 aliphatic heterocycles. The number of aliphatic hydroxyl groups is 1. The smallest absolute Gasteiger partial charge is 0.0908 e. The van der Waals surface area contributed by atoms with Crippen molar-refractivity contribution in [1.29, 1.82) is 0 Å². The highest BCUT2D eigenvalue weighted by Crippen LogP contribution is 2.17. The first-order valence-electron chi connectivity index (χ1n) is 5.85. The van der Waals surface area contributed by atoms with Crippen molar-refractivity contribution in [2.24, 2.45) is 0 Å². The van der Waals surface area contributed by atoms with E-state index in [0.717, 1.165) is 16.0 Å². The summed E-state index contributed by atoms with van der Waals surface area (Å²) in [7, 11) is -1.17. The number of hydrogen-bond acceptors (Lipinski definition) is 2. The van der Waals surface area contributed by atoms with Gasteiger partial charge in [-0.3, -0.25) is 4.21 Å². The van der Waals surface area contributed by atoms with Gasteiger partial charge in [-0.15, -0.1) is 0 Å². The molecule has 2 atom stereocenters. The van der Waals surface area contributed by atoms with Crippen LogP contribution in [0.1, 0.15) is 17.2 Å². The van der Waals surface area contributed by atoms with E-state index in [-0.39, 0.29) is 5.75 Å². The van der Waals surface area contributed by atoms with Crippen LogP contribution in [0.5, 0.6) is 0 Å². The van der Waals surface area contributed by atoms with Crippen molar-refractivity contribution in [2.45, 2.75) is 17.9 Å². The Kier molecular flexibility index (Phi) is 4.28. The molecule has 1 N–H and O–H groups in total. The molecule has 0 aliphatic carbocycles. The molecule has 2 aromatic carbocycles. The zero-order valence-corrected chi connectivity index (χ0v) is 11.1. The number of rotatable bonds is 4. The number of hydrogen-bond donors (Lipinski definition) is 1. The van der Waals surface area contributed by atoms with E-state index in [4.69, 9.17) is 0 Å². The normalized spacial score (nSPS) is 14.1. The second-order valence-corrected chi connectivity index (χ2v) is 5.75. The molecule has 0 aromatic heterocycles. The quantitative estimate of drug-likeness (QED) is 0.918. The summed E-state index contributed by atoms with van der Waals surface area (Å²) in [5.41, 5.74) is 1.94.